The number of carboxylic acids is 1. The van der Waals surface area contributed by atoms with Crippen LogP contribution in [0.15, 0.2) is 24.4 Å². The molecule has 1 amide bonds. The molecule has 0 radical (unpaired) electrons. The minimum absolute atomic E-state index is 0.159. The molecule has 21 heavy (non-hydrogen) atoms. The molecule has 0 atom stereocenters. The second kappa shape index (κ2) is 6.17. The number of rotatable bonds is 5. The van der Waals surface area contributed by atoms with E-state index in [0.717, 1.165) is 17.7 Å². The first-order valence-corrected chi connectivity index (χ1v) is 6.50. The first kappa shape index (κ1) is 14.7. The quantitative estimate of drug-likeness (QED) is 0.855. The standard InChI is InChI=1S/C14H16N4O3/c1-3-9-4-5-15-10(6-9)8-16-13(19)12-7-11(14(20)21)17-18(12)2/h4-7H,3,8H2,1-2H3,(H,16,19)(H,20,21). The number of amides is 1. The molecular formula is C14H16N4O3. The Labute approximate surface area is 121 Å². The minimum Gasteiger partial charge on any atom is -0.476 e. The van der Waals surface area contributed by atoms with Crippen molar-refractivity contribution >= 4 is 11.9 Å². The van der Waals surface area contributed by atoms with Gasteiger partial charge in [0.1, 0.15) is 5.69 Å². The summed E-state index contributed by atoms with van der Waals surface area (Å²) in [6, 6.07) is 5.09. The molecule has 0 fully saturated rings. The molecule has 0 aliphatic rings. The molecule has 0 spiro atoms. The summed E-state index contributed by atoms with van der Waals surface area (Å²) < 4.78 is 1.24. The molecule has 0 saturated carbocycles. The molecule has 0 aliphatic carbocycles. The summed E-state index contributed by atoms with van der Waals surface area (Å²) in [5, 5.41) is 15.3. The van der Waals surface area contributed by atoms with Crippen molar-refractivity contribution in [2.24, 2.45) is 7.05 Å². The number of aryl methyl sites for hydroxylation is 2. The van der Waals surface area contributed by atoms with Gasteiger partial charge in [-0.15, -0.1) is 0 Å². The smallest absolute Gasteiger partial charge is 0.356 e. The maximum atomic E-state index is 12.0. The van der Waals surface area contributed by atoms with Crippen molar-refractivity contribution in [3.8, 4) is 0 Å². The molecule has 0 aromatic carbocycles. The van der Waals surface area contributed by atoms with Gasteiger partial charge in [0.2, 0.25) is 0 Å². The highest BCUT2D eigenvalue weighted by atomic mass is 16.4. The molecule has 7 nitrogen and oxygen atoms in total. The zero-order valence-corrected chi connectivity index (χ0v) is 11.8. The summed E-state index contributed by atoms with van der Waals surface area (Å²) in [7, 11) is 1.53. The van der Waals surface area contributed by atoms with Crippen LogP contribution in [0.4, 0.5) is 0 Å². The first-order chi connectivity index (χ1) is 10.0. The van der Waals surface area contributed by atoms with Crippen LogP contribution in [0.25, 0.3) is 0 Å². The van der Waals surface area contributed by atoms with E-state index in [4.69, 9.17) is 5.11 Å². The largest absolute Gasteiger partial charge is 0.476 e. The van der Waals surface area contributed by atoms with E-state index in [-0.39, 0.29) is 23.8 Å². The molecule has 0 saturated heterocycles. The predicted octanol–water partition coefficient (Wildman–Crippen LogP) is 1.01. The third kappa shape index (κ3) is 3.44. The Hall–Kier alpha value is -2.70. The number of carboxylic acid groups (broad SMARTS) is 1. The minimum atomic E-state index is -1.16. The van der Waals surface area contributed by atoms with Crippen molar-refractivity contribution in [3.05, 3.63) is 47.0 Å². The Kier molecular flexibility index (Phi) is 4.32. The molecule has 2 aromatic heterocycles. The van der Waals surface area contributed by atoms with Crippen LogP contribution in [-0.2, 0) is 20.0 Å². The van der Waals surface area contributed by atoms with Crippen molar-refractivity contribution in [2.45, 2.75) is 19.9 Å². The first-order valence-electron chi connectivity index (χ1n) is 6.50. The molecule has 110 valence electrons. The van der Waals surface area contributed by atoms with Crippen LogP contribution >= 0.6 is 0 Å². The molecule has 2 N–H and O–H groups in total. The predicted molar refractivity (Wildman–Crippen MR) is 75.0 cm³/mol. The van der Waals surface area contributed by atoms with Crippen molar-refractivity contribution in [1.29, 1.82) is 0 Å². The zero-order chi connectivity index (χ0) is 15.4. The number of aromatic carboxylic acids is 1. The molecule has 2 aromatic rings. The fourth-order valence-corrected chi connectivity index (χ4v) is 1.89. The maximum Gasteiger partial charge on any atom is 0.356 e. The number of hydrogen-bond donors (Lipinski definition) is 2. The van der Waals surface area contributed by atoms with E-state index in [1.807, 2.05) is 19.1 Å². The van der Waals surface area contributed by atoms with Crippen LogP contribution in [0.5, 0.6) is 0 Å². The second-order valence-electron chi connectivity index (χ2n) is 4.54. The lowest BCUT2D eigenvalue weighted by Crippen LogP contribution is -2.25. The van der Waals surface area contributed by atoms with Gasteiger partial charge in [-0.25, -0.2) is 4.79 Å². The number of nitrogens with zero attached hydrogens (tertiary/aromatic N) is 3. The zero-order valence-electron chi connectivity index (χ0n) is 11.8. The van der Waals surface area contributed by atoms with Gasteiger partial charge in [0.25, 0.3) is 5.91 Å². The Morgan fingerprint density at radius 3 is 2.76 bits per heavy atom. The topological polar surface area (TPSA) is 97.1 Å². The normalized spacial score (nSPS) is 10.4. The van der Waals surface area contributed by atoms with Crippen molar-refractivity contribution in [2.75, 3.05) is 0 Å². The van der Waals surface area contributed by atoms with E-state index in [0.29, 0.717) is 0 Å². The van der Waals surface area contributed by atoms with Gasteiger partial charge in [-0.1, -0.05) is 6.92 Å². The molecule has 2 heterocycles. The van der Waals surface area contributed by atoms with Crippen LogP contribution in [-0.4, -0.2) is 31.7 Å². The highest BCUT2D eigenvalue weighted by molar-refractivity contribution is 5.95. The van der Waals surface area contributed by atoms with E-state index >= 15 is 0 Å². The molecule has 0 bridgehead atoms. The summed E-state index contributed by atoms with van der Waals surface area (Å²) in [4.78, 5) is 27.0. The third-order valence-electron chi connectivity index (χ3n) is 3.05. The highest BCUT2D eigenvalue weighted by Crippen LogP contribution is 2.05. The van der Waals surface area contributed by atoms with Gasteiger partial charge in [0.05, 0.1) is 12.2 Å². The Morgan fingerprint density at radius 2 is 2.14 bits per heavy atom. The van der Waals surface area contributed by atoms with Crippen molar-refractivity contribution in [1.82, 2.24) is 20.1 Å². The fourth-order valence-electron chi connectivity index (χ4n) is 1.89. The average molecular weight is 288 g/mol. The molecule has 2 rings (SSSR count). The third-order valence-corrected chi connectivity index (χ3v) is 3.05. The van der Waals surface area contributed by atoms with Gasteiger partial charge in [-0.3, -0.25) is 14.5 Å². The Morgan fingerprint density at radius 1 is 1.38 bits per heavy atom. The number of aromatic nitrogens is 3. The van der Waals surface area contributed by atoms with Gasteiger partial charge < -0.3 is 10.4 Å². The van der Waals surface area contributed by atoms with E-state index in [2.05, 4.69) is 15.4 Å². The summed E-state index contributed by atoms with van der Waals surface area (Å²) in [6.07, 6.45) is 2.60. The van der Waals surface area contributed by atoms with Crippen molar-refractivity contribution < 1.29 is 14.7 Å². The monoisotopic (exact) mass is 288 g/mol. The van der Waals surface area contributed by atoms with Gasteiger partial charge in [-0.2, -0.15) is 5.10 Å². The van der Waals surface area contributed by atoms with Crippen molar-refractivity contribution in [3.63, 3.8) is 0 Å². The molecule has 0 aliphatic heterocycles. The summed E-state index contributed by atoms with van der Waals surface area (Å²) in [5.41, 5.74) is 1.93. The lowest BCUT2D eigenvalue weighted by atomic mass is 10.2. The summed E-state index contributed by atoms with van der Waals surface area (Å²) >= 11 is 0. The van der Waals surface area contributed by atoms with Crippen LogP contribution in [0.1, 0.15) is 39.2 Å². The van der Waals surface area contributed by atoms with Crippen LogP contribution in [0, 0.1) is 0 Å². The molecular weight excluding hydrogens is 272 g/mol. The summed E-state index contributed by atoms with van der Waals surface area (Å²) in [5.74, 6) is -1.55. The highest BCUT2D eigenvalue weighted by Gasteiger charge is 2.16. The fraction of sp³-hybridized carbons (Fsp3) is 0.286. The summed E-state index contributed by atoms with van der Waals surface area (Å²) in [6.45, 7) is 2.32. The van der Waals surface area contributed by atoms with Crippen LogP contribution < -0.4 is 5.32 Å². The number of hydrogen-bond acceptors (Lipinski definition) is 4. The van der Waals surface area contributed by atoms with Gasteiger partial charge in [-0.05, 0) is 24.1 Å². The number of carbonyl (C=O) groups excluding carboxylic acids is 1. The second-order valence-corrected chi connectivity index (χ2v) is 4.54. The van der Waals surface area contributed by atoms with Gasteiger partial charge >= 0.3 is 5.97 Å². The molecule has 7 heteroatoms. The SMILES string of the molecule is CCc1ccnc(CNC(=O)c2cc(C(=O)O)nn2C)c1. The van der Waals surface area contributed by atoms with Crippen LogP contribution in [0.3, 0.4) is 0 Å². The maximum absolute atomic E-state index is 12.0. The van der Waals surface area contributed by atoms with Gasteiger partial charge in [0, 0.05) is 19.3 Å². The van der Waals surface area contributed by atoms with E-state index in [1.54, 1.807) is 6.20 Å². The average Bonchev–Trinajstić information content (AvgIpc) is 2.87. The van der Waals surface area contributed by atoms with E-state index in [1.165, 1.54) is 17.8 Å². The Balaban J connectivity index is 2.06. The van der Waals surface area contributed by atoms with Crippen LogP contribution in [0.2, 0.25) is 0 Å². The number of pyridine rings is 1. The van der Waals surface area contributed by atoms with E-state index in [9.17, 15) is 9.59 Å². The van der Waals surface area contributed by atoms with Gasteiger partial charge in [0.15, 0.2) is 5.69 Å². The lowest BCUT2D eigenvalue weighted by molar-refractivity contribution is 0.0689. The Bertz CT molecular complexity index is 679. The number of carbonyl (C=O) groups is 2. The van der Waals surface area contributed by atoms with E-state index < -0.39 is 5.97 Å². The lowest BCUT2D eigenvalue weighted by Gasteiger charge is -2.06. The molecule has 0 unspecified atom stereocenters. The number of nitrogens with one attached hydrogen (secondary N) is 1.